The smallest absolute Gasteiger partial charge is 0.150 e. The molecule has 112 valence electrons. The maximum absolute atomic E-state index is 14.2. The monoisotopic (exact) mass is 300 g/mol. The van der Waals surface area contributed by atoms with Crippen molar-refractivity contribution in [3.8, 4) is 0 Å². The summed E-state index contributed by atoms with van der Waals surface area (Å²) in [4.78, 5) is 1.79. The lowest BCUT2D eigenvalue weighted by Crippen LogP contribution is -2.35. The van der Waals surface area contributed by atoms with Gasteiger partial charge in [0.05, 0.1) is 0 Å². The predicted molar refractivity (Wildman–Crippen MR) is 84.3 cm³/mol. The van der Waals surface area contributed by atoms with E-state index in [1.807, 2.05) is 13.8 Å². The Morgan fingerprint density at radius 1 is 1.30 bits per heavy atom. The maximum Gasteiger partial charge on any atom is 0.150 e. The minimum atomic E-state index is -0.607. The Kier molecular flexibility index (Phi) is 6.33. The van der Waals surface area contributed by atoms with Crippen molar-refractivity contribution < 1.29 is 8.78 Å². The van der Waals surface area contributed by atoms with E-state index in [0.29, 0.717) is 6.54 Å². The van der Waals surface area contributed by atoms with E-state index in [-0.39, 0.29) is 22.3 Å². The van der Waals surface area contributed by atoms with Crippen LogP contribution in [-0.2, 0) is 0 Å². The first-order chi connectivity index (χ1) is 9.42. The van der Waals surface area contributed by atoms with Crippen LogP contribution >= 0.6 is 12.2 Å². The van der Waals surface area contributed by atoms with Gasteiger partial charge in [-0.1, -0.05) is 32.5 Å². The number of hydrogen-bond acceptors (Lipinski definition) is 2. The molecular formula is C15H22F2N2S. The molecule has 0 aliphatic heterocycles. The Morgan fingerprint density at radius 2 is 1.85 bits per heavy atom. The fourth-order valence-electron chi connectivity index (χ4n) is 2.08. The van der Waals surface area contributed by atoms with Gasteiger partial charge in [-0.05, 0) is 31.9 Å². The van der Waals surface area contributed by atoms with E-state index >= 15 is 0 Å². The van der Waals surface area contributed by atoms with Crippen LogP contribution in [-0.4, -0.2) is 17.6 Å². The van der Waals surface area contributed by atoms with Gasteiger partial charge in [-0.2, -0.15) is 0 Å². The largest absolute Gasteiger partial charge is 0.389 e. The minimum Gasteiger partial charge on any atom is -0.389 e. The first-order valence-corrected chi connectivity index (χ1v) is 7.38. The normalized spacial score (nSPS) is 12.2. The van der Waals surface area contributed by atoms with Gasteiger partial charge in [0, 0.05) is 18.2 Å². The number of nitrogens with zero attached hydrogens (tertiary/aromatic N) is 1. The molecule has 0 saturated heterocycles. The minimum absolute atomic E-state index is 0.00185. The second-order valence-electron chi connectivity index (χ2n) is 4.96. The Bertz CT molecular complexity index is 454. The molecule has 0 amide bonds. The van der Waals surface area contributed by atoms with E-state index < -0.39 is 11.6 Å². The van der Waals surface area contributed by atoms with Crippen LogP contribution in [0.1, 0.15) is 45.6 Å². The quantitative estimate of drug-likeness (QED) is 0.772. The SMILES string of the molecule is CCCCN(c1c(F)cc(C(N)=S)cc1F)C(C)CC. The fraction of sp³-hybridized carbons (Fsp3) is 0.533. The van der Waals surface area contributed by atoms with Crippen molar-refractivity contribution in [3.05, 3.63) is 29.3 Å². The highest BCUT2D eigenvalue weighted by molar-refractivity contribution is 7.80. The van der Waals surface area contributed by atoms with Crippen LogP contribution in [0.25, 0.3) is 0 Å². The molecule has 1 atom stereocenters. The van der Waals surface area contributed by atoms with E-state index in [4.69, 9.17) is 18.0 Å². The molecule has 20 heavy (non-hydrogen) atoms. The summed E-state index contributed by atoms with van der Waals surface area (Å²) in [6, 6.07) is 2.49. The van der Waals surface area contributed by atoms with Gasteiger partial charge in [-0.25, -0.2) is 8.78 Å². The molecule has 0 aromatic heterocycles. The number of nitrogens with two attached hydrogens (primary N) is 1. The first kappa shape index (κ1) is 16.8. The Balaban J connectivity index is 3.22. The molecule has 0 bridgehead atoms. The lowest BCUT2D eigenvalue weighted by atomic mass is 10.1. The molecular weight excluding hydrogens is 278 g/mol. The molecule has 1 unspecified atom stereocenters. The molecule has 0 spiro atoms. The summed E-state index contributed by atoms with van der Waals surface area (Å²) in [7, 11) is 0. The van der Waals surface area contributed by atoms with Crippen molar-refractivity contribution in [2.24, 2.45) is 5.73 Å². The zero-order valence-electron chi connectivity index (χ0n) is 12.2. The molecule has 2 N–H and O–H groups in total. The van der Waals surface area contributed by atoms with Gasteiger partial charge in [-0.3, -0.25) is 0 Å². The third-order valence-corrected chi connectivity index (χ3v) is 3.70. The average Bonchev–Trinajstić information content (AvgIpc) is 2.40. The molecule has 1 rings (SSSR count). The van der Waals surface area contributed by atoms with Gasteiger partial charge in [0.25, 0.3) is 0 Å². The lowest BCUT2D eigenvalue weighted by molar-refractivity contribution is 0.532. The van der Waals surface area contributed by atoms with Gasteiger partial charge in [0.2, 0.25) is 0 Å². The van der Waals surface area contributed by atoms with Crippen molar-refractivity contribution in [2.45, 2.75) is 46.1 Å². The third-order valence-electron chi connectivity index (χ3n) is 3.46. The van der Waals surface area contributed by atoms with Crippen molar-refractivity contribution in [1.82, 2.24) is 0 Å². The second kappa shape index (κ2) is 7.53. The fourth-order valence-corrected chi connectivity index (χ4v) is 2.20. The van der Waals surface area contributed by atoms with E-state index in [1.54, 1.807) is 4.90 Å². The molecule has 1 aromatic rings. The van der Waals surface area contributed by atoms with E-state index in [0.717, 1.165) is 19.3 Å². The summed E-state index contributed by atoms with van der Waals surface area (Å²) < 4.78 is 28.5. The molecule has 5 heteroatoms. The Labute approximate surface area is 125 Å². The third kappa shape index (κ3) is 3.88. The highest BCUT2D eigenvalue weighted by Crippen LogP contribution is 2.28. The van der Waals surface area contributed by atoms with Crippen LogP contribution in [0.5, 0.6) is 0 Å². The predicted octanol–water partition coefficient (Wildman–Crippen LogP) is 4.00. The molecule has 0 saturated carbocycles. The molecule has 0 heterocycles. The second-order valence-corrected chi connectivity index (χ2v) is 5.40. The summed E-state index contributed by atoms with van der Waals surface area (Å²) in [5.74, 6) is -1.21. The number of anilines is 1. The van der Waals surface area contributed by atoms with Crippen LogP contribution in [0.15, 0.2) is 12.1 Å². The van der Waals surface area contributed by atoms with E-state index in [2.05, 4.69) is 6.92 Å². The molecule has 1 aromatic carbocycles. The molecule has 0 radical (unpaired) electrons. The number of rotatable bonds is 7. The van der Waals surface area contributed by atoms with Crippen molar-refractivity contribution in [2.75, 3.05) is 11.4 Å². The van der Waals surface area contributed by atoms with Gasteiger partial charge in [0.15, 0.2) is 0 Å². The number of benzene rings is 1. The number of unbranched alkanes of at least 4 members (excludes halogenated alkanes) is 1. The van der Waals surface area contributed by atoms with E-state index in [1.165, 1.54) is 12.1 Å². The maximum atomic E-state index is 14.2. The zero-order chi connectivity index (χ0) is 15.3. The number of hydrogen-bond donors (Lipinski definition) is 1. The highest BCUT2D eigenvalue weighted by atomic mass is 32.1. The summed E-state index contributed by atoms with van der Waals surface area (Å²) >= 11 is 4.77. The van der Waals surface area contributed by atoms with E-state index in [9.17, 15) is 8.78 Å². The molecule has 2 nitrogen and oxygen atoms in total. The highest BCUT2D eigenvalue weighted by Gasteiger charge is 2.21. The average molecular weight is 300 g/mol. The van der Waals surface area contributed by atoms with Crippen LogP contribution in [0.2, 0.25) is 0 Å². The van der Waals surface area contributed by atoms with Crippen molar-refractivity contribution in [1.29, 1.82) is 0 Å². The van der Waals surface area contributed by atoms with Crippen LogP contribution < -0.4 is 10.6 Å². The van der Waals surface area contributed by atoms with Crippen molar-refractivity contribution in [3.63, 3.8) is 0 Å². The topological polar surface area (TPSA) is 29.3 Å². The first-order valence-electron chi connectivity index (χ1n) is 6.97. The molecule has 0 aliphatic carbocycles. The Hall–Kier alpha value is -1.23. The van der Waals surface area contributed by atoms with Gasteiger partial charge in [-0.15, -0.1) is 0 Å². The molecule has 0 fully saturated rings. The summed E-state index contributed by atoms with van der Waals surface area (Å²) in [5, 5.41) is 0. The summed E-state index contributed by atoms with van der Waals surface area (Å²) in [5.41, 5.74) is 5.67. The van der Waals surface area contributed by atoms with Crippen molar-refractivity contribution >= 4 is 22.9 Å². The number of thiocarbonyl (C=S) groups is 1. The van der Waals surface area contributed by atoms with Gasteiger partial charge < -0.3 is 10.6 Å². The lowest BCUT2D eigenvalue weighted by Gasteiger charge is -2.31. The van der Waals surface area contributed by atoms with Crippen LogP contribution in [0, 0.1) is 11.6 Å². The standard InChI is InChI=1S/C15H22F2N2S/c1-4-6-7-19(10(3)5-2)14-12(16)8-11(15(18)20)9-13(14)17/h8-10H,4-7H2,1-3H3,(H2,18,20). The molecule has 0 aliphatic rings. The van der Waals surface area contributed by atoms with Gasteiger partial charge in [0.1, 0.15) is 22.3 Å². The number of halogens is 2. The van der Waals surface area contributed by atoms with Crippen LogP contribution in [0.3, 0.4) is 0 Å². The van der Waals surface area contributed by atoms with Gasteiger partial charge >= 0.3 is 0 Å². The Morgan fingerprint density at radius 3 is 2.25 bits per heavy atom. The summed E-state index contributed by atoms with van der Waals surface area (Å²) in [6.07, 6.45) is 2.68. The van der Waals surface area contributed by atoms with Crippen LogP contribution in [0.4, 0.5) is 14.5 Å². The zero-order valence-corrected chi connectivity index (χ0v) is 13.1. The summed E-state index contributed by atoms with van der Waals surface area (Å²) in [6.45, 7) is 6.65.